The largest absolute Gasteiger partial charge is 0.478 e. The summed E-state index contributed by atoms with van der Waals surface area (Å²) >= 11 is 7.15. The van der Waals surface area contributed by atoms with Crippen LogP contribution in [0.2, 0.25) is 5.02 Å². The summed E-state index contributed by atoms with van der Waals surface area (Å²) in [7, 11) is 0. The number of anilines is 1. The molecule has 0 bridgehead atoms. The number of carbonyl (C=O) groups is 2. The summed E-state index contributed by atoms with van der Waals surface area (Å²) in [6.45, 7) is 0. The molecule has 20 heavy (non-hydrogen) atoms. The predicted molar refractivity (Wildman–Crippen MR) is 80.4 cm³/mol. The highest BCUT2D eigenvalue weighted by molar-refractivity contribution is 7.12. The molecule has 4 nitrogen and oxygen atoms in total. The smallest absolute Gasteiger partial charge is 0.328 e. The number of amides is 1. The Hall–Kier alpha value is -2.11. The Morgan fingerprint density at radius 1 is 1.30 bits per heavy atom. The molecule has 0 aliphatic carbocycles. The molecule has 0 spiro atoms. The van der Waals surface area contributed by atoms with Gasteiger partial charge in [0.15, 0.2) is 0 Å². The molecule has 0 radical (unpaired) electrons. The molecule has 0 saturated heterocycles. The minimum absolute atomic E-state index is 0.288. The fourth-order valence-corrected chi connectivity index (χ4v) is 2.57. The molecule has 1 heterocycles. The SMILES string of the molecule is O=C(O)/C=C/c1cccc(NC(=O)c2sccc2Cl)c1. The van der Waals surface area contributed by atoms with Gasteiger partial charge < -0.3 is 10.4 Å². The lowest BCUT2D eigenvalue weighted by atomic mass is 10.2. The summed E-state index contributed by atoms with van der Waals surface area (Å²) in [4.78, 5) is 22.9. The molecule has 2 rings (SSSR count). The quantitative estimate of drug-likeness (QED) is 0.845. The number of nitrogens with one attached hydrogen (secondary N) is 1. The van der Waals surface area contributed by atoms with Crippen LogP contribution >= 0.6 is 22.9 Å². The first-order valence-corrected chi connectivity index (χ1v) is 6.87. The van der Waals surface area contributed by atoms with Crippen molar-refractivity contribution in [2.45, 2.75) is 0 Å². The molecule has 2 aromatic rings. The molecule has 1 aromatic heterocycles. The summed E-state index contributed by atoms with van der Waals surface area (Å²) in [5, 5.41) is 13.4. The van der Waals surface area contributed by atoms with Crippen molar-refractivity contribution in [3.63, 3.8) is 0 Å². The van der Waals surface area contributed by atoms with Gasteiger partial charge in [-0.15, -0.1) is 11.3 Å². The number of aliphatic carboxylic acids is 1. The maximum atomic E-state index is 12.0. The third-order valence-corrected chi connectivity index (χ3v) is 3.73. The van der Waals surface area contributed by atoms with Crippen molar-refractivity contribution >= 4 is 46.6 Å². The number of hydrogen-bond donors (Lipinski definition) is 2. The Labute approximate surface area is 124 Å². The monoisotopic (exact) mass is 307 g/mol. The predicted octanol–water partition coefficient (Wildman–Crippen LogP) is 3.75. The van der Waals surface area contributed by atoms with E-state index in [9.17, 15) is 9.59 Å². The van der Waals surface area contributed by atoms with Crippen LogP contribution in [0.15, 0.2) is 41.8 Å². The van der Waals surface area contributed by atoms with Crippen LogP contribution in [0.25, 0.3) is 6.08 Å². The third kappa shape index (κ3) is 3.69. The van der Waals surface area contributed by atoms with Crippen LogP contribution < -0.4 is 5.32 Å². The van der Waals surface area contributed by atoms with Crippen molar-refractivity contribution in [1.29, 1.82) is 0 Å². The van der Waals surface area contributed by atoms with Crippen molar-refractivity contribution < 1.29 is 14.7 Å². The lowest BCUT2D eigenvalue weighted by molar-refractivity contribution is -0.131. The number of carbonyl (C=O) groups excluding carboxylic acids is 1. The van der Waals surface area contributed by atoms with E-state index in [0.717, 1.165) is 6.08 Å². The number of carboxylic acid groups (broad SMARTS) is 1. The van der Waals surface area contributed by atoms with E-state index in [-0.39, 0.29) is 5.91 Å². The van der Waals surface area contributed by atoms with Crippen LogP contribution in [0.3, 0.4) is 0 Å². The van der Waals surface area contributed by atoms with Crippen LogP contribution in [-0.2, 0) is 4.79 Å². The van der Waals surface area contributed by atoms with E-state index >= 15 is 0 Å². The Morgan fingerprint density at radius 2 is 2.10 bits per heavy atom. The lowest BCUT2D eigenvalue weighted by Gasteiger charge is -2.05. The van der Waals surface area contributed by atoms with E-state index in [1.54, 1.807) is 35.7 Å². The molecule has 0 aliphatic heterocycles. The van der Waals surface area contributed by atoms with Gasteiger partial charge in [-0.3, -0.25) is 4.79 Å². The second-order valence-corrected chi connectivity index (χ2v) is 5.17. The fraction of sp³-hybridized carbons (Fsp3) is 0. The van der Waals surface area contributed by atoms with Gasteiger partial charge in [0.05, 0.1) is 5.02 Å². The van der Waals surface area contributed by atoms with Crippen molar-refractivity contribution in [3.05, 3.63) is 57.3 Å². The molecule has 0 fully saturated rings. The minimum Gasteiger partial charge on any atom is -0.478 e. The highest BCUT2D eigenvalue weighted by Crippen LogP contribution is 2.23. The molecule has 0 saturated carbocycles. The average molecular weight is 308 g/mol. The van der Waals surface area contributed by atoms with Gasteiger partial charge in [-0.2, -0.15) is 0 Å². The molecular weight excluding hydrogens is 298 g/mol. The summed E-state index contributed by atoms with van der Waals surface area (Å²) in [5.41, 5.74) is 1.26. The Morgan fingerprint density at radius 3 is 2.75 bits per heavy atom. The van der Waals surface area contributed by atoms with Gasteiger partial charge in [0.2, 0.25) is 0 Å². The molecule has 1 aromatic carbocycles. The zero-order chi connectivity index (χ0) is 14.5. The van der Waals surface area contributed by atoms with E-state index < -0.39 is 5.97 Å². The first kappa shape index (κ1) is 14.3. The van der Waals surface area contributed by atoms with Crippen LogP contribution in [0.1, 0.15) is 15.2 Å². The van der Waals surface area contributed by atoms with E-state index in [4.69, 9.17) is 16.7 Å². The number of rotatable bonds is 4. The molecule has 6 heteroatoms. The standard InChI is InChI=1S/C14H10ClNO3S/c15-11-6-7-20-13(11)14(19)16-10-3-1-2-9(8-10)4-5-12(17)18/h1-8H,(H,16,19)(H,17,18)/b5-4+. The summed E-state index contributed by atoms with van der Waals surface area (Å²) in [6.07, 6.45) is 2.49. The number of thiophene rings is 1. The molecule has 2 N–H and O–H groups in total. The Balaban J connectivity index is 2.14. The maximum absolute atomic E-state index is 12.0. The fourth-order valence-electron chi connectivity index (χ4n) is 1.53. The highest BCUT2D eigenvalue weighted by Gasteiger charge is 2.11. The number of benzene rings is 1. The maximum Gasteiger partial charge on any atom is 0.328 e. The van der Waals surface area contributed by atoms with Gasteiger partial charge in [-0.1, -0.05) is 23.7 Å². The molecule has 102 valence electrons. The van der Waals surface area contributed by atoms with Crippen molar-refractivity contribution in [1.82, 2.24) is 0 Å². The normalized spacial score (nSPS) is 10.7. The van der Waals surface area contributed by atoms with Gasteiger partial charge in [0.1, 0.15) is 4.88 Å². The summed E-state index contributed by atoms with van der Waals surface area (Å²) in [6, 6.07) is 8.53. The first-order valence-electron chi connectivity index (χ1n) is 5.61. The second-order valence-electron chi connectivity index (χ2n) is 3.85. The number of halogens is 1. The van der Waals surface area contributed by atoms with Crippen LogP contribution in [0.5, 0.6) is 0 Å². The second kappa shape index (κ2) is 6.36. The average Bonchev–Trinajstić information content (AvgIpc) is 2.83. The molecule has 1 amide bonds. The molecule has 0 unspecified atom stereocenters. The topological polar surface area (TPSA) is 66.4 Å². The van der Waals surface area contributed by atoms with Crippen molar-refractivity contribution in [3.8, 4) is 0 Å². The van der Waals surface area contributed by atoms with Gasteiger partial charge in [0, 0.05) is 11.8 Å². The van der Waals surface area contributed by atoms with Gasteiger partial charge >= 0.3 is 5.97 Å². The van der Waals surface area contributed by atoms with Crippen molar-refractivity contribution in [2.75, 3.05) is 5.32 Å². The summed E-state index contributed by atoms with van der Waals surface area (Å²) in [5.74, 6) is -1.31. The van der Waals surface area contributed by atoms with E-state index in [2.05, 4.69) is 5.32 Å². The van der Waals surface area contributed by atoms with Gasteiger partial charge in [0.25, 0.3) is 5.91 Å². The highest BCUT2D eigenvalue weighted by atomic mass is 35.5. The molecule has 0 atom stereocenters. The van der Waals surface area contributed by atoms with Crippen LogP contribution in [-0.4, -0.2) is 17.0 Å². The Bertz CT molecular complexity index is 679. The van der Waals surface area contributed by atoms with E-state index in [1.165, 1.54) is 17.4 Å². The van der Waals surface area contributed by atoms with E-state index in [0.29, 0.717) is 21.2 Å². The number of carboxylic acids is 1. The molecule has 0 aliphatic rings. The van der Waals surface area contributed by atoms with Gasteiger partial charge in [-0.05, 0) is 35.2 Å². The number of hydrogen-bond acceptors (Lipinski definition) is 3. The zero-order valence-corrected chi connectivity index (χ0v) is 11.7. The summed E-state index contributed by atoms with van der Waals surface area (Å²) < 4.78 is 0. The third-order valence-electron chi connectivity index (χ3n) is 2.39. The minimum atomic E-state index is -1.02. The van der Waals surface area contributed by atoms with Crippen molar-refractivity contribution in [2.24, 2.45) is 0 Å². The molecular formula is C14H10ClNO3S. The Kier molecular flexibility index (Phi) is 4.55. The zero-order valence-electron chi connectivity index (χ0n) is 10.2. The van der Waals surface area contributed by atoms with Crippen LogP contribution in [0, 0.1) is 0 Å². The lowest BCUT2D eigenvalue weighted by Crippen LogP contribution is -2.10. The first-order chi connectivity index (χ1) is 9.56. The van der Waals surface area contributed by atoms with Gasteiger partial charge in [-0.25, -0.2) is 4.79 Å². The van der Waals surface area contributed by atoms with Crippen LogP contribution in [0.4, 0.5) is 5.69 Å². The van der Waals surface area contributed by atoms with E-state index in [1.807, 2.05) is 0 Å².